The first-order valence-corrected chi connectivity index (χ1v) is 6.12. The molecule has 1 saturated carbocycles. The van der Waals surface area contributed by atoms with Crippen molar-refractivity contribution in [2.75, 3.05) is 5.75 Å². The number of imidazole rings is 1. The Kier molecular flexibility index (Phi) is 3.13. The number of hydrogen-bond acceptors (Lipinski definition) is 3. The Balaban J connectivity index is 1.84. The minimum Gasteiger partial charge on any atom is -0.389 e. The van der Waals surface area contributed by atoms with Gasteiger partial charge >= 0.3 is 0 Å². The SMILES string of the molecule is OC1(CSc2ncc[nH]2)CCCCC1. The first kappa shape index (κ1) is 10.1. The van der Waals surface area contributed by atoms with Crippen LogP contribution < -0.4 is 0 Å². The molecule has 2 rings (SSSR count). The molecule has 0 aromatic carbocycles. The fourth-order valence-corrected chi connectivity index (χ4v) is 2.87. The van der Waals surface area contributed by atoms with E-state index in [2.05, 4.69) is 9.97 Å². The van der Waals surface area contributed by atoms with Crippen LogP contribution in [0.1, 0.15) is 32.1 Å². The molecule has 3 nitrogen and oxygen atoms in total. The summed E-state index contributed by atoms with van der Waals surface area (Å²) in [6.45, 7) is 0. The largest absolute Gasteiger partial charge is 0.389 e. The topological polar surface area (TPSA) is 48.9 Å². The number of rotatable bonds is 3. The van der Waals surface area contributed by atoms with Crippen molar-refractivity contribution in [3.63, 3.8) is 0 Å². The number of aromatic nitrogens is 2. The monoisotopic (exact) mass is 212 g/mol. The smallest absolute Gasteiger partial charge is 0.165 e. The second-order valence-corrected chi connectivity index (χ2v) is 4.93. The van der Waals surface area contributed by atoms with Gasteiger partial charge in [0.1, 0.15) is 0 Å². The molecule has 0 saturated heterocycles. The van der Waals surface area contributed by atoms with Crippen LogP contribution in [0.4, 0.5) is 0 Å². The van der Waals surface area contributed by atoms with Crippen LogP contribution in [-0.4, -0.2) is 26.4 Å². The Morgan fingerprint density at radius 2 is 2.21 bits per heavy atom. The lowest BCUT2D eigenvalue weighted by Gasteiger charge is -2.31. The second-order valence-electron chi connectivity index (χ2n) is 3.97. The minimum atomic E-state index is -0.449. The number of H-pyrrole nitrogens is 1. The lowest BCUT2D eigenvalue weighted by molar-refractivity contribution is 0.0272. The fourth-order valence-electron chi connectivity index (χ4n) is 1.89. The molecule has 0 aliphatic heterocycles. The molecule has 0 amide bonds. The van der Waals surface area contributed by atoms with Gasteiger partial charge in [-0.2, -0.15) is 0 Å². The zero-order chi connectivity index (χ0) is 9.86. The van der Waals surface area contributed by atoms with E-state index < -0.39 is 5.60 Å². The van der Waals surface area contributed by atoms with Crippen LogP contribution in [0.15, 0.2) is 17.6 Å². The molecule has 0 spiro atoms. The molecule has 14 heavy (non-hydrogen) atoms. The van der Waals surface area contributed by atoms with E-state index >= 15 is 0 Å². The number of aliphatic hydroxyl groups is 1. The summed E-state index contributed by atoms with van der Waals surface area (Å²) in [5.74, 6) is 0.764. The molecule has 0 unspecified atom stereocenters. The Hall–Kier alpha value is -0.480. The van der Waals surface area contributed by atoms with Gasteiger partial charge in [0.2, 0.25) is 0 Å². The third-order valence-corrected chi connectivity index (χ3v) is 3.91. The van der Waals surface area contributed by atoms with Crippen LogP contribution in [0, 0.1) is 0 Å². The van der Waals surface area contributed by atoms with Crippen LogP contribution in [0.5, 0.6) is 0 Å². The summed E-state index contributed by atoms with van der Waals surface area (Å²) in [5, 5.41) is 11.1. The first-order chi connectivity index (χ1) is 6.79. The lowest BCUT2D eigenvalue weighted by Crippen LogP contribution is -2.34. The van der Waals surface area contributed by atoms with Crippen LogP contribution in [-0.2, 0) is 0 Å². The number of aromatic amines is 1. The number of nitrogens with zero attached hydrogens (tertiary/aromatic N) is 1. The van der Waals surface area contributed by atoms with Gasteiger partial charge in [-0.15, -0.1) is 0 Å². The molecule has 4 heteroatoms. The van der Waals surface area contributed by atoms with Crippen molar-refractivity contribution in [2.45, 2.75) is 42.9 Å². The van der Waals surface area contributed by atoms with Gasteiger partial charge in [-0.3, -0.25) is 0 Å². The van der Waals surface area contributed by atoms with Gasteiger partial charge in [0.05, 0.1) is 5.60 Å². The molecule has 0 atom stereocenters. The van der Waals surface area contributed by atoms with Gasteiger partial charge in [0.25, 0.3) is 0 Å². The van der Waals surface area contributed by atoms with Crippen molar-refractivity contribution in [3.8, 4) is 0 Å². The molecular formula is C10H16N2OS. The maximum atomic E-state index is 10.2. The van der Waals surface area contributed by atoms with Gasteiger partial charge in [0, 0.05) is 18.1 Å². The molecule has 1 fully saturated rings. The van der Waals surface area contributed by atoms with Crippen molar-refractivity contribution in [1.29, 1.82) is 0 Å². The number of thioether (sulfide) groups is 1. The average molecular weight is 212 g/mol. The molecule has 1 aromatic heterocycles. The summed E-state index contributed by atoms with van der Waals surface area (Å²) in [4.78, 5) is 7.16. The zero-order valence-electron chi connectivity index (χ0n) is 8.20. The molecule has 0 bridgehead atoms. The van der Waals surface area contributed by atoms with E-state index in [1.54, 1.807) is 18.0 Å². The highest BCUT2D eigenvalue weighted by Gasteiger charge is 2.29. The summed E-state index contributed by atoms with van der Waals surface area (Å²) in [5.41, 5.74) is -0.449. The predicted octanol–water partition coefficient (Wildman–Crippen LogP) is 2.20. The number of nitrogens with one attached hydrogen (secondary N) is 1. The van der Waals surface area contributed by atoms with Crippen LogP contribution >= 0.6 is 11.8 Å². The molecule has 1 heterocycles. The van der Waals surface area contributed by atoms with Crippen LogP contribution in [0.25, 0.3) is 0 Å². The summed E-state index contributed by atoms with van der Waals surface area (Å²) in [6.07, 6.45) is 9.04. The first-order valence-electron chi connectivity index (χ1n) is 5.13. The van der Waals surface area contributed by atoms with Crippen LogP contribution in [0.2, 0.25) is 0 Å². The molecule has 1 aliphatic rings. The summed E-state index contributed by atoms with van der Waals surface area (Å²) in [6, 6.07) is 0. The van der Waals surface area contributed by atoms with E-state index in [0.717, 1.165) is 36.6 Å². The molecular weight excluding hydrogens is 196 g/mol. The Morgan fingerprint density at radius 3 is 2.86 bits per heavy atom. The molecule has 2 N–H and O–H groups in total. The molecule has 0 radical (unpaired) electrons. The predicted molar refractivity (Wildman–Crippen MR) is 57.3 cm³/mol. The van der Waals surface area contributed by atoms with E-state index in [1.807, 2.05) is 6.20 Å². The third-order valence-electron chi connectivity index (χ3n) is 2.73. The zero-order valence-corrected chi connectivity index (χ0v) is 9.02. The number of hydrogen-bond donors (Lipinski definition) is 2. The van der Waals surface area contributed by atoms with Crippen molar-refractivity contribution >= 4 is 11.8 Å². The third kappa shape index (κ3) is 2.51. The normalized spacial score (nSPS) is 20.9. The van der Waals surface area contributed by atoms with E-state index in [-0.39, 0.29) is 0 Å². The van der Waals surface area contributed by atoms with Crippen molar-refractivity contribution in [1.82, 2.24) is 9.97 Å². The highest BCUT2D eigenvalue weighted by Crippen LogP contribution is 2.32. The summed E-state index contributed by atoms with van der Waals surface area (Å²) >= 11 is 1.62. The minimum absolute atomic E-state index is 0.449. The van der Waals surface area contributed by atoms with E-state index in [9.17, 15) is 5.11 Å². The maximum Gasteiger partial charge on any atom is 0.165 e. The Morgan fingerprint density at radius 1 is 1.43 bits per heavy atom. The van der Waals surface area contributed by atoms with Gasteiger partial charge in [0.15, 0.2) is 5.16 Å². The van der Waals surface area contributed by atoms with Gasteiger partial charge in [-0.05, 0) is 12.8 Å². The standard InChI is InChI=1S/C10H16N2OS/c13-10(4-2-1-3-5-10)8-14-9-11-6-7-12-9/h6-7,13H,1-5,8H2,(H,11,12). The fraction of sp³-hybridized carbons (Fsp3) is 0.700. The van der Waals surface area contributed by atoms with Crippen LogP contribution in [0.3, 0.4) is 0 Å². The van der Waals surface area contributed by atoms with E-state index in [4.69, 9.17) is 0 Å². The summed E-state index contributed by atoms with van der Waals surface area (Å²) < 4.78 is 0. The lowest BCUT2D eigenvalue weighted by atomic mass is 9.86. The van der Waals surface area contributed by atoms with Crippen molar-refractivity contribution in [3.05, 3.63) is 12.4 Å². The Bertz CT molecular complexity index is 268. The van der Waals surface area contributed by atoms with E-state index in [0.29, 0.717) is 0 Å². The van der Waals surface area contributed by atoms with Gasteiger partial charge < -0.3 is 10.1 Å². The quantitative estimate of drug-likeness (QED) is 0.755. The molecule has 1 aliphatic carbocycles. The average Bonchev–Trinajstić information content (AvgIpc) is 2.69. The molecule has 78 valence electrons. The van der Waals surface area contributed by atoms with Crippen molar-refractivity contribution < 1.29 is 5.11 Å². The molecule has 1 aromatic rings. The van der Waals surface area contributed by atoms with Gasteiger partial charge in [-0.1, -0.05) is 31.0 Å². The second kappa shape index (κ2) is 4.36. The highest BCUT2D eigenvalue weighted by molar-refractivity contribution is 7.99. The summed E-state index contributed by atoms with van der Waals surface area (Å²) in [7, 11) is 0. The maximum absolute atomic E-state index is 10.2. The highest BCUT2D eigenvalue weighted by atomic mass is 32.2. The van der Waals surface area contributed by atoms with E-state index in [1.165, 1.54) is 6.42 Å². The van der Waals surface area contributed by atoms with Gasteiger partial charge in [-0.25, -0.2) is 4.98 Å². The van der Waals surface area contributed by atoms with Crippen molar-refractivity contribution in [2.24, 2.45) is 0 Å². The Labute approximate surface area is 88.3 Å².